The van der Waals surface area contributed by atoms with Gasteiger partial charge in [0.2, 0.25) is 11.7 Å². The number of nitro groups is 1. The van der Waals surface area contributed by atoms with Crippen molar-refractivity contribution >= 4 is 27.5 Å². The number of non-ortho nitro benzene ring substituents is 1. The molecule has 1 amide bonds. The van der Waals surface area contributed by atoms with E-state index in [2.05, 4.69) is 26.1 Å². The molecular weight excluding hydrogens is 452 g/mol. The van der Waals surface area contributed by atoms with Crippen LogP contribution in [0.25, 0.3) is 11.4 Å². The largest absolute Gasteiger partial charge is 0.339 e. The Morgan fingerprint density at radius 3 is 2.67 bits per heavy atom. The summed E-state index contributed by atoms with van der Waals surface area (Å²) in [7, 11) is 0. The molecule has 0 atom stereocenters. The SMILES string of the molecule is CCCCN(CCc1nc(-c2ccc(Br)cc2)no1)C(=O)c1cccc([N+](=O)[O-])c1. The van der Waals surface area contributed by atoms with Crippen molar-refractivity contribution in [2.45, 2.75) is 26.2 Å². The quantitative estimate of drug-likeness (QED) is 0.324. The fourth-order valence-electron chi connectivity index (χ4n) is 2.90. The summed E-state index contributed by atoms with van der Waals surface area (Å²) in [5.74, 6) is 0.670. The second-order valence-electron chi connectivity index (χ2n) is 6.72. The molecule has 8 nitrogen and oxygen atoms in total. The first-order chi connectivity index (χ1) is 14.5. The van der Waals surface area contributed by atoms with Crippen LogP contribution >= 0.6 is 15.9 Å². The fourth-order valence-corrected chi connectivity index (χ4v) is 3.17. The zero-order valence-electron chi connectivity index (χ0n) is 16.5. The Kier molecular flexibility index (Phi) is 7.29. The number of nitro benzene ring substituents is 1. The smallest absolute Gasteiger partial charge is 0.270 e. The van der Waals surface area contributed by atoms with Crippen molar-refractivity contribution in [3.63, 3.8) is 0 Å². The van der Waals surface area contributed by atoms with Crippen molar-refractivity contribution in [3.8, 4) is 11.4 Å². The molecule has 1 heterocycles. The van der Waals surface area contributed by atoms with Crippen LogP contribution in [0.2, 0.25) is 0 Å². The first-order valence-corrected chi connectivity index (χ1v) is 10.4. The van der Waals surface area contributed by atoms with Crippen LogP contribution in [-0.2, 0) is 6.42 Å². The minimum atomic E-state index is -0.505. The number of hydrogen-bond donors (Lipinski definition) is 0. The number of benzene rings is 2. The van der Waals surface area contributed by atoms with E-state index < -0.39 is 4.92 Å². The molecule has 0 aliphatic carbocycles. The van der Waals surface area contributed by atoms with E-state index in [1.807, 2.05) is 31.2 Å². The first-order valence-electron chi connectivity index (χ1n) is 9.60. The van der Waals surface area contributed by atoms with Gasteiger partial charge in [-0.2, -0.15) is 4.98 Å². The lowest BCUT2D eigenvalue weighted by atomic mass is 10.1. The van der Waals surface area contributed by atoms with Crippen molar-refractivity contribution in [1.82, 2.24) is 15.0 Å². The Labute approximate surface area is 182 Å². The molecule has 0 saturated carbocycles. The summed E-state index contributed by atoms with van der Waals surface area (Å²) in [4.78, 5) is 29.5. The molecule has 3 aromatic rings. The number of unbranched alkanes of at least 4 members (excludes halogenated alkanes) is 1. The molecule has 156 valence electrons. The lowest BCUT2D eigenvalue weighted by molar-refractivity contribution is -0.384. The van der Waals surface area contributed by atoms with E-state index in [-0.39, 0.29) is 11.6 Å². The maximum absolute atomic E-state index is 12.9. The number of halogens is 1. The van der Waals surface area contributed by atoms with Gasteiger partial charge in [-0.25, -0.2) is 0 Å². The summed E-state index contributed by atoms with van der Waals surface area (Å²) in [6, 6.07) is 13.4. The average Bonchev–Trinajstić information content (AvgIpc) is 3.23. The number of carbonyl (C=O) groups excluding carboxylic acids is 1. The Balaban J connectivity index is 1.71. The Hall–Kier alpha value is -3.07. The van der Waals surface area contributed by atoms with Gasteiger partial charge in [-0.1, -0.05) is 40.5 Å². The summed E-state index contributed by atoms with van der Waals surface area (Å²) in [6.45, 7) is 2.97. The molecule has 0 unspecified atom stereocenters. The number of rotatable bonds is 9. The fraction of sp³-hybridized carbons (Fsp3) is 0.286. The van der Waals surface area contributed by atoms with Crippen LogP contribution in [-0.4, -0.2) is 39.0 Å². The second-order valence-corrected chi connectivity index (χ2v) is 7.64. The lowest BCUT2D eigenvalue weighted by Crippen LogP contribution is -2.34. The Bertz CT molecular complexity index is 1020. The number of aromatic nitrogens is 2. The van der Waals surface area contributed by atoms with E-state index in [1.54, 1.807) is 11.0 Å². The van der Waals surface area contributed by atoms with Gasteiger partial charge in [-0.15, -0.1) is 0 Å². The summed E-state index contributed by atoms with van der Waals surface area (Å²) in [6.07, 6.45) is 2.15. The maximum Gasteiger partial charge on any atom is 0.270 e. The van der Waals surface area contributed by atoms with E-state index >= 15 is 0 Å². The molecule has 2 aromatic carbocycles. The van der Waals surface area contributed by atoms with Crippen LogP contribution in [0.1, 0.15) is 36.0 Å². The van der Waals surface area contributed by atoms with E-state index in [1.165, 1.54) is 18.2 Å². The van der Waals surface area contributed by atoms with Crippen molar-refractivity contribution in [1.29, 1.82) is 0 Å². The van der Waals surface area contributed by atoms with Crippen LogP contribution in [0, 0.1) is 10.1 Å². The molecule has 1 aromatic heterocycles. The molecule has 0 fully saturated rings. The van der Waals surface area contributed by atoms with Crippen LogP contribution in [0.4, 0.5) is 5.69 Å². The number of amides is 1. The summed E-state index contributed by atoms with van der Waals surface area (Å²) in [5.41, 5.74) is 1.03. The first kappa shape index (κ1) is 21.6. The van der Waals surface area contributed by atoms with Crippen LogP contribution in [0.5, 0.6) is 0 Å². The van der Waals surface area contributed by atoms with Gasteiger partial charge >= 0.3 is 0 Å². The van der Waals surface area contributed by atoms with Crippen molar-refractivity contribution in [2.24, 2.45) is 0 Å². The Morgan fingerprint density at radius 2 is 1.97 bits per heavy atom. The van der Waals surface area contributed by atoms with E-state index in [0.717, 1.165) is 22.9 Å². The number of carbonyl (C=O) groups is 1. The third-order valence-corrected chi connectivity index (χ3v) is 5.07. The molecule has 0 spiro atoms. The number of nitrogens with zero attached hydrogens (tertiary/aromatic N) is 4. The second kappa shape index (κ2) is 10.1. The van der Waals surface area contributed by atoms with Gasteiger partial charge in [0.1, 0.15) is 0 Å². The minimum Gasteiger partial charge on any atom is -0.339 e. The van der Waals surface area contributed by atoms with Crippen LogP contribution in [0.15, 0.2) is 57.5 Å². The molecule has 0 aliphatic heterocycles. The lowest BCUT2D eigenvalue weighted by Gasteiger charge is -2.22. The molecule has 0 bridgehead atoms. The van der Waals surface area contributed by atoms with Gasteiger partial charge in [0.25, 0.3) is 11.6 Å². The molecular formula is C21H21BrN4O4. The van der Waals surface area contributed by atoms with Crippen molar-refractivity contribution in [3.05, 3.63) is 74.6 Å². The highest BCUT2D eigenvalue weighted by Crippen LogP contribution is 2.20. The van der Waals surface area contributed by atoms with E-state index in [0.29, 0.717) is 36.8 Å². The highest BCUT2D eigenvalue weighted by molar-refractivity contribution is 9.10. The van der Waals surface area contributed by atoms with Crippen LogP contribution < -0.4 is 0 Å². The van der Waals surface area contributed by atoms with Crippen molar-refractivity contribution < 1.29 is 14.2 Å². The molecule has 0 radical (unpaired) electrons. The zero-order valence-corrected chi connectivity index (χ0v) is 18.0. The summed E-state index contributed by atoms with van der Waals surface area (Å²) < 4.78 is 6.30. The van der Waals surface area contributed by atoms with Gasteiger partial charge in [-0.05, 0) is 36.8 Å². The standard InChI is InChI=1S/C21H21BrN4O4/c1-2-3-12-25(21(27)16-5-4-6-18(14-16)26(28)29)13-11-19-23-20(24-30-19)15-7-9-17(22)10-8-15/h4-10,14H,2-3,11-13H2,1H3. The molecule has 0 aliphatic rings. The Morgan fingerprint density at radius 1 is 1.20 bits per heavy atom. The third kappa shape index (κ3) is 5.50. The monoisotopic (exact) mass is 472 g/mol. The van der Waals surface area contributed by atoms with Gasteiger partial charge < -0.3 is 9.42 Å². The highest BCUT2D eigenvalue weighted by Gasteiger charge is 2.19. The van der Waals surface area contributed by atoms with E-state index in [9.17, 15) is 14.9 Å². The molecule has 0 saturated heterocycles. The molecule has 9 heteroatoms. The average molecular weight is 473 g/mol. The van der Waals surface area contributed by atoms with E-state index in [4.69, 9.17) is 4.52 Å². The number of hydrogen-bond acceptors (Lipinski definition) is 6. The van der Waals surface area contributed by atoms with Gasteiger partial charge in [0, 0.05) is 47.2 Å². The normalized spacial score (nSPS) is 10.7. The van der Waals surface area contributed by atoms with Crippen LogP contribution in [0.3, 0.4) is 0 Å². The maximum atomic E-state index is 12.9. The predicted molar refractivity (Wildman–Crippen MR) is 115 cm³/mol. The zero-order chi connectivity index (χ0) is 21.5. The summed E-state index contributed by atoms with van der Waals surface area (Å²) >= 11 is 3.39. The van der Waals surface area contributed by atoms with Crippen molar-refractivity contribution in [2.75, 3.05) is 13.1 Å². The third-order valence-electron chi connectivity index (χ3n) is 4.54. The highest BCUT2D eigenvalue weighted by atomic mass is 79.9. The molecule has 0 N–H and O–H groups in total. The topological polar surface area (TPSA) is 102 Å². The predicted octanol–water partition coefficient (Wildman–Crippen LogP) is 4.89. The molecule has 3 rings (SSSR count). The summed E-state index contributed by atoms with van der Waals surface area (Å²) in [5, 5.41) is 15.0. The molecule has 30 heavy (non-hydrogen) atoms. The van der Waals surface area contributed by atoms with Gasteiger partial charge in [0.05, 0.1) is 4.92 Å². The minimum absolute atomic E-state index is 0.104. The van der Waals surface area contributed by atoms with Gasteiger partial charge in [-0.3, -0.25) is 14.9 Å². The van der Waals surface area contributed by atoms with Gasteiger partial charge in [0.15, 0.2) is 0 Å².